The van der Waals surface area contributed by atoms with Crippen molar-refractivity contribution >= 4 is 0 Å². The van der Waals surface area contributed by atoms with Crippen LogP contribution in [0.5, 0.6) is 0 Å². The summed E-state index contributed by atoms with van der Waals surface area (Å²) in [5.41, 5.74) is 0. The molecule has 37 heteroatoms. The van der Waals surface area contributed by atoms with E-state index in [9.17, 15) is 117 Å². The Bertz CT molecular complexity index is 1870. The fourth-order valence-corrected chi connectivity index (χ4v) is 9.89. The molecule has 0 bridgehead atoms. The Morgan fingerprint density at radius 3 is 1.22 bits per heavy atom. The van der Waals surface area contributed by atoms with Crippen LogP contribution in [0, 0.1) is 0 Å². The first-order valence-corrected chi connectivity index (χ1v) is 25.7. The molecular weight excluding hydrogens is 1120 g/mol. The third-order valence-corrected chi connectivity index (χ3v) is 14.8. The van der Waals surface area contributed by atoms with Gasteiger partial charge >= 0.3 is 0 Å². The highest BCUT2D eigenvalue weighted by Gasteiger charge is 2.57. The van der Waals surface area contributed by atoms with E-state index in [4.69, 9.17) is 66.3 Å². The zero-order valence-corrected chi connectivity index (χ0v) is 42.6. The van der Waals surface area contributed by atoms with Crippen molar-refractivity contribution in [2.24, 2.45) is 0 Å². The van der Waals surface area contributed by atoms with Gasteiger partial charge in [0.15, 0.2) is 44.0 Å². The third-order valence-electron chi connectivity index (χ3n) is 14.8. The molecule has 0 unspecified atom stereocenters. The Hall–Kier alpha value is -1.48. The molecule has 37 nitrogen and oxygen atoms in total. The number of aliphatic hydroxyl groups is 23. The molecule has 0 amide bonds. The normalized spacial score (nSPS) is 49.6. The summed E-state index contributed by atoms with van der Waals surface area (Å²) in [4.78, 5) is 0. The molecule has 0 radical (unpaired) electrons. The molecule has 7 aliphatic rings. The second kappa shape index (κ2) is 29.5. The lowest BCUT2D eigenvalue weighted by Gasteiger charge is -2.49. The van der Waals surface area contributed by atoms with Crippen molar-refractivity contribution in [1.29, 1.82) is 0 Å². The van der Waals surface area contributed by atoms with Gasteiger partial charge in [-0.3, -0.25) is 0 Å². The van der Waals surface area contributed by atoms with Crippen LogP contribution in [-0.4, -0.2) is 392 Å². The van der Waals surface area contributed by atoms with Crippen LogP contribution in [0.2, 0.25) is 0 Å². The van der Waals surface area contributed by atoms with Crippen LogP contribution in [0.3, 0.4) is 0 Å². The molecule has 0 spiro atoms. The first-order valence-electron chi connectivity index (χ1n) is 25.7. The first-order chi connectivity index (χ1) is 38.4. The lowest BCUT2D eigenvalue weighted by atomic mass is 9.95. The van der Waals surface area contributed by atoms with Crippen molar-refractivity contribution in [3.8, 4) is 0 Å². The maximum atomic E-state index is 11.8. The molecule has 7 saturated heterocycles. The number of hydrogen-bond acceptors (Lipinski definition) is 37. The summed E-state index contributed by atoms with van der Waals surface area (Å²) in [7, 11) is 0. The van der Waals surface area contributed by atoms with E-state index in [-0.39, 0.29) is 0 Å². The van der Waals surface area contributed by atoms with Gasteiger partial charge in [0.2, 0.25) is 0 Å². The van der Waals surface area contributed by atoms with Crippen molar-refractivity contribution in [3.63, 3.8) is 0 Å². The summed E-state index contributed by atoms with van der Waals surface area (Å²) in [5, 5.41) is 243. The zero-order chi connectivity index (χ0) is 59.5. The van der Waals surface area contributed by atoms with Gasteiger partial charge in [-0.15, -0.1) is 0 Å². The highest BCUT2D eigenvalue weighted by molar-refractivity contribution is 4.99. The fraction of sp³-hybridized carbons (Fsp3) is 1.00. The average Bonchev–Trinajstić information content (AvgIpc) is 4.10. The minimum absolute atomic E-state index is 0.571. The van der Waals surface area contributed by atoms with Gasteiger partial charge in [0, 0.05) is 0 Å². The molecule has 0 aromatic carbocycles. The highest BCUT2D eigenvalue weighted by Crippen LogP contribution is 2.37. The van der Waals surface area contributed by atoms with Crippen LogP contribution < -0.4 is 0 Å². The fourth-order valence-electron chi connectivity index (χ4n) is 9.89. The molecule has 7 rings (SSSR count). The molecule has 0 aromatic rings. The summed E-state index contributed by atoms with van der Waals surface area (Å²) >= 11 is 0. The van der Waals surface area contributed by atoms with E-state index in [1.807, 2.05) is 0 Å². The minimum Gasteiger partial charge on any atom is -0.394 e. The largest absolute Gasteiger partial charge is 0.394 e. The molecule has 81 heavy (non-hydrogen) atoms. The maximum Gasteiger partial charge on any atom is 0.187 e. The molecule has 7 fully saturated rings. The summed E-state index contributed by atoms with van der Waals surface area (Å²) in [6.45, 7) is -8.05. The summed E-state index contributed by atoms with van der Waals surface area (Å²) in [5.74, 6) is 0. The number of rotatable bonds is 24. The third kappa shape index (κ3) is 14.8. The van der Waals surface area contributed by atoms with Crippen molar-refractivity contribution in [2.75, 3.05) is 59.5 Å². The van der Waals surface area contributed by atoms with E-state index < -0.39 is 274 Å². The van der Waals surface area contributed by atoms with E-state index in [1.54, 1.807) is 0 Å². The van der Waals surface area contributed by atoms with E-state index in [2.05, 4.69) is 0 Å². The average molecular weight is 1200 g/mol. The molecule has 474 valence electrons. The standard InChI is InChI=1S/C44H76O37/c45-1-10(50)20(55)33(11(51)2-46)77-41-30(65)25(60)36(18(75-41)9-71-44-37(21(56)13(53)7-69-44)81-43-32(67)34(16(5-49)74-43)78-39-28(63)23(58)15(4-48)73-39)80-42-31(66)26(61)35(79-40-29(64)24(59)22(57)14(3-47)72-40)17(76-42)8-70-38-27(62)19(54)12(52)6-68-38/h10-67H,1-9H2/t10-,11+,12+,13+,14+,15-,16-,17+,18+,19-,20+,21-,22+,23-,24-,25+,26+,27+,28+,29+,30+,31+,32+,33+,34-,35+,36+,37+,38+,39+,40-,41-,42-,43-,44+/m0/s1. The lowest BCUT2D eigenvalue weighted by molar-refractivity contribution is -0.389. The monoisotopic (exact) mass is 1200 g/mol. The minimum atomic E-state index is -2.37. The van der Waals surface area contributed by atoms with Crippen LogP contribution in [0.25, 0.3) is 0 Å². The maximum absolute atomic E-state index is 11.8. The molecule has 0 saturated carbocycles. The topological polar surface area (TPSA) is 595 Å². The summed E-state index contributed by atoms with van der Waals surface area (Å²) in [6, 6.07) is 0. The Morgan fingerprint density at radius 1 is 0.333 bits per heavy atom. The van der Waals surface area contributed by atoms with Crippen LogP contribution in [-0.2, 0) is 66.3 Å². The van der Waals surface area contributed by atoms with Crippen LogP contribution in [0.15, 0.2) is 0 Å². The van der Waals surface area contributed by atoms with Crippen molar-refractivity contribution in [3.05, 3.63) is 0 Å². The van der Waals surface area contributed by atoms with Crippen molar-refractivity contribution in [1.82, 2.24) is 0 Å². The van der Waals surface area contributed by atoms with Crippen LogP contribution >= 0.6 is 0 Å². The molecule has 23 N–H and O–H groups in total. The Labute approximate surface area is 457 Å². The Balaban J connectivity index is 1.15. The molecule has 0 aromatic heterocycles. The van der Waals surface area contributed by atoms with E-state index in [0.717, 1.165) is 0 Å². The summed E-state index contributed by atoms with van der Waals surface area (Å²) < 4.78 is 79.6. The molecule has 7 heterocycles. The lowest BCUT2D eigenvalue weighted by Crippen LogP contribution is -2.67. The highest BCUT2D eigenvalue weighted by atomic mass is 16.8. The van der Waals surface area contributed by atoms with Gasteiger partial charge in [-0.25, -0.2) is 0 Å². The molecule has 0 aliphatic carbocycles. The van der Waals surface area contributed by atoms with Gasteiger partial charge in [-0.05, 0) is 0 Å². The number of hydrogen-bond donors (Lipinski definition) is 23. The zero-order valence-electron chi connectivity index (χ0n) is 42.6. The Kier molecular flexibility index (Phi) is 24.4. The van der Waals surface area contributed by atoms with E-state index in [1.165, 1.54) is 0 Å². The molecule has 35 atom stereocenters. The van der Waals surface area contributed by atoms with Gasteiger partial charge in [0.05, 0.1) is 59.5 Å². The van der Waals surface area contributed by atoms with Gasteiger partial charge in [0.25, 0.3) is 0 Å². The second-order valence-electron chi connectivity index (χ2n) is 20.3. The van der Waals surface area contributed by atoms with Crippen molar-refractivity contribution < 1.29 is 184 Å². The van der Waals surface area contributed by atoms with Gasteiger partial charge in [-0.2, -0.15) is 0 Å². The van der Waals surface area contributed by atoms with Gasteiger partial charge < -0.3 is 184 Å². The van der Waals surface area contributed by atoms with E-state index in [0.29, 0.717) is 0 Å². The van der Waals surface area contributed by atoms with Crippen LogP contribution in [0.1, 0.15) is 0 Å². The van der Waals surface area contributed by atoms with Gasteiger partial charge in [-0.1, -0.05) is 0 Å². The quantitative estimate of drug-likeness (QED) is 0.0427. The number of ether oxygens (including phenoxy) is 14. The SMILES string of the molecule is OC[C@@H](O)[C@@H](O[C@@H]1O[C@H](CO[C@H]2OC[C@@H](O)[C@H](O)[C@H]2O[C@@H]2O[C@@H](CO)[C@H](O[C@H]3O[C@@H](CO)[C@H](O)[C@H]3O)[C@H]2O)[C@@H](O[C@@H]2O[C@H](CO[C@H]3OC[C@@H](O)[C@H](O)[C@H]3O)[C@@H](O[C@@H]3O[C@H](CO)[C@@H](O)[C@H](O)[C@H]3O)[C@H](O)[C@H]2O)[C@H](O)[C@H]1O)[C@H](O)[C@@H](O)CO. The second-order valence-corrected chi connectivity index (χ2v) is 20.3. The van der Waals surface area contributed by atoms with Crippen LogP contribution in [0.4, 0.5) is 0 Å². The number of aliphatic hydroxyl groups excluding tert-OH is 23. The molecule has 7 aliphatic heterocycles. The predicted molar refractivity (Wildman–Crippen MR) is 243 cm³/mol. The van der Waals surface area contributed by atoms with Crippen molar-refractivity contribution in [2.45, 2.75) is 215 Å². The van der Waals surface area contributed by atoms with Gasteiger partial charge in [0.1, 0.15) is 171 Å². The summed E-state index contributed by atoms with van der Waals surface area (Å²) in [6.07, 6.45) is -67.7. The smallest absolute Gasteiger partial charge is 0.187 e. The molecular formula is C44H76O37. The first kappa shape index (κ1) is 67.0. The predicted octanol–water partition coefficient (Wildman–Crippen LogP) is -16.3. The Morgan fingerprint density at radius 2 is 0.704 bits per heavy atom. The van der Waals surface area contributed by atoms with E-state index >= 15 is 0 Å².